The van der Waals surface area contributed by atoms with Crippen LogP contribution < -0.4 is 10.1 Å². The Bertz CT molecular complexity index is 515. The zero-order chi connectivity index (χ0) is 12.8. The molecule has 4 nitrogen and oxygen atoms in total. The van der Waals surface area contributed by atoms with Crippen LogP contribution in [0.3, 0.4) is 0 Å². The molecule has 0 saturated heterocycles. The molecule has 0 unspecified atom stereocenters. The number of ether oxygens (including phenoxy) is 1. The van der Waals surface area contributed by atoms with Crippen molar-refractivity contribution in [3.8, 4) is 11.6 Å². The minimum Gasteiger partial charge on any atom is -0.508 e. The molecule has 1 heterocycles. The number of phenols is 1. The van der Waals surface area contributed by atoms with Crippen LogP contribution in [0.2, 0.25) is 0 Å². The number of phenolic OH excluding ortho intramolecular Hbond substituents is 1. The van der Waals surface area contributed by atoms with Gasteiger partial charge < -0.3 is 15.2 Å². The van der Waals surface area contributed by atoms with E-state index >= 15 is 0 Å². The average Bonchev–Trinajstić information content (AvgIpc) is 2.41. The second kappa shape index (κ2) is 6.02. The third-order valence-electron chi connectivity index (χ3n) is 2.60. The molecule has 0 amide bonds. The standard InChI is InChI=1S/C14H16N2O2/c1-18-14-8-4-6-12(16-14)10-15-9-11-5-2-3-7-13(11)17/h2-8,15,17H,9-10H2,1H3. The van der Waals surface area contributed by atoms with Crippen molar-refractivity contribution in [3.63, 3.8) is 0 Å². The van der Waals surface area contributed by atoms with Crippen LogP contribution in [0.15, 0.2) is 42.5 Å². The van der Waals surface area contributed by atoms with E-state index in [0.717, 1.165) is 11.3 Å². The smallest absolute Gasteiger partial charge is 0.213 e. The number of para-hydroxylation sites is 1. The first kappa shape index (κ1) is 12.4. The Kier molecular flexibility index (Phi) is 4.15. The van der Waals surface area contributed by atoms with Gasteiger partial charge >= 0.3 is 0 Å². The van der Waals surface area contributed by atoms with Gasteiger partial charge in [0.05, 0.1) is 12.8 Å². The summed E-state index contributed by atoms with van der Waals surface area (Å²) in [5.41, 5.74) is 1.78. The van der Waals surface area contributed by atoms with Gasteiger partial charge in [0, 0.05) is 24.7 Å². The molecule has 0 radical (unpaired) electrons. The Balaban J connectivity index is 1.90. The van der Waals surface area contributed by atoms with Crippen LogP contribution in [-0.4, -0.2) is 17.2 Å². The summed E-state index contributed by atoms with van der Waals surface area (Å²) in [5, 5.41) is 12.8. The van der Waals surface area contributed by atoms with Crippen molar-refractivity contribution >= 4 is 0 Å². The SMILES string of the molecule is COc1cccc(CNCc2ccccc2O)n1. The van der Waals surface area contributed by atoms with Crippen molar-refractivity contribution in [2.24, 2.45) is 0 Å². The van der Waals surface area contributed by atoms with Gasteiger partial charge in [-0.05, 0) is 12.1 Å². The second-order valence-corrected chi connectivity index (χ2v) is 3.90. The molecule has 4 heteroatoms. The van der Waals surface area contributed by atoms with Crippen LogP contribution in [0.25, 0.3) is 0 Å². The third kappa shape index (κ3) is 3.21. The van der Waals surface area contributed by atoms with Crippen LogP contribution in [-0.2, 0) is 13.1 Å². The summed E-state index contributed by atoms with van der Waals surface area (Å²) < 4.78 is 5.06. The second-order valence-electron chi connectivity index (χ2n) is 3.90. The predicted octanol–water partition coefficient (Wildman–Crippen LogP) is 2.09. The molecule has 94 valence electrons. The minimum absolute atomic E-state index is 0.309. The van der Waals surface area contributed by atoms with E-state index in [1.54, 1.807) is 13.2 Å². The van der Waals surface area contributed by atoms with Crippen LogP contribution in [0.1, 0.15) is 11.3 Å². The Labute approximate surface area is 106 Å². The molecule has 0 saturated carbocycles. The minimum atomic E-state index is 0.309. The molecular weight excluding hydrogens is 228 g/mol. The van der Waals surface area contributed by atoms with Gasteiger partial charge in [-0.25, -0.2) is 4.98 Å². The maximum absolute atomic E-state index is 9.61. The summed E-state index contributed by atoms with van der Waals surface area (Å²) in [5.74, 6) is 0.917. The number of hydrogen-bond acceptors (Lipinski definition) is 4. The fraction of sp³-hybridized carbons (Fsp3) is 0.214. The number of nitrogens with zero attached hydrogens (tertiary/aromatic N) is 1. The van der Waals surface area contributed by atoms with E-state index in [1.165, 1.54) is 0 Å². The van der Waals surface area contributed by atoms with Gasteiger partial charge in [0.1, 0.15) is 5.75 Å². The molecule has 0 aliphatic heterocycles. The maximum atomic E-state index is 9.61. The van der Waals surface area contributed by atoms with Crippen LogP contribution >= 0.6 is 0 Å². The molecule has 0 bridgehead atoms. The summed E-state index contributed by atoms with van der Waals surface area (Å²) in [6, 6.07) is 12.9. The highest BCUT2D eigenvalue weighted by molar-refractivity contribution is 5.31. The first-order valence-electron chi connectivity index (χ1n) is 5.77. The number of pyridine rings is 1. The highest BCUT2D eigenvalue weighted by Crippen LogP contribution is 2.15. The topological polar surface area (TPSA) is 54.4 Å². The van der Waals surface area contributed by atoms with E-state index in [1.807, 2.05) is 36.4 Å². The quantitative estimate of drug-likeness (QED) is 0.845. The van der Waals surface area contributed by atoms with Gasteiger partial charge in [0.2, 0.25) is 5.88 Å². The van der Waals surface area contributed by atoms with Crippen LogP contribution in [0, 0.1) is 0 Å². The first-order valence-corrected chi connectivity index (χ1v) is 5.77. The molecule has 0 aliphatic carbocycles. The van der Waals surface area contributed by atoms with Crippen molar-refractivity contribution in [2.75, 3.05) is 7.11 Å². The lowest BCUT2D eigenvalue weighted by Gasteiger charge is -2.07. The summed E-state index contributed by atoms with van der Waals surface area (Å²) in [7, 11) is 1.60. The van der Waals surface area contributed by atoms with Crippen molar-refractivity contribution in [2.45, 2.75) is 13.1 Å². The molecule has 0 atom stereocenters. The molecule has 1 aromatic carbocycles. The number of nitrogens with one attached hydrogen (secondary N) is 1. The summed E-state index contributed by atoms with van der Waals surface area (Å²) in [6.45, 7) is 1.23. The summed E-state index contributed by atoms with van der Waals surface area (Å²) >= 11 is 0. The normalized spacial score (nSPS) is 10.3. The van der Waals surface area contributed by atoms with Crippen molar-refractivity contribution in [1.82, 2.24) is 10.3 Å². The lowest BCUT2D eigenvalue weighted by atomic mass is 10.2. The van der Waals surface area contributed by atoms with Gasteiger partial charge in [-0.2, -0.15) is 0 Å². The third-order valence-corrected chi connectivity index (χ3v) is 2.60. The highest BCUT2D eigenvalue weighted by Gasteiger charge is 2.00. The molecule has 0 spiro atoms. The van der Waals surface area contributed by atoms with E-state index in [4.69, 9.17) is 4.74 Å². The number of aromatic hydroxyl groups is 1. The van der Waals surface area contributed by atoms with Crippen LogP contribution in [0.5, 0.6) is 11.6 Å². The molecule has 18 heavy (non-hydrogen) atoms. The number of hydrogen-bond donors (Lipinski definition) is 2. The first-order chi connectivity index (χ1) is 8.79. The molecule has 1 aromatic heterocycles. The zero-order valence-electron chi connectivity index (χ0n) is 10.3. The van der Waals surface area contributed by atoms with Gasteiger partial charge in [0.25, 0.3) is 0 Å². The number of rotatable bonds is 5. The number of benzene rings is 1. The van der Waals surface area contributed by atoms with Gasteiger partial charge in [-0.1, -0.05) is 24.3 Å². The van der Waals surface area contributed by atoms with Crippen molar-refractivity contribution in [3.05, 3.63) is 53.7 Å². The molecule has 0 aliphatic rings. The Morgan fingerprint density at radius 2 is 1.94 bits per heavy atom. The van der Waals surface area contributed by atoms with E-state index in [-0.39, 0.29) is 0 Å². The van der Waals surface area contributed by atoms with E-state index in [9.17, 15) is 5.11 Å². The van der Waals surface area contributed by atoms with Crippen molar-refractivity contribution in [1.29, 1.82) is 0 Å². The number of aromatic nitrogens is 1. The predicted molar refractivity (Wildman–Crippen MR) is 69.4 cm³/mol. The Hall–Kier alpha value is -2.07. The fourth-order valence-corrected chi connectivity index (χ4v) is 1.66. The maximum Gasteiger partial charge on any atom is 0.213 e. The Morgan fingerprint density at radius 1 is 1.11 bits per heavy atom. The van der Waals surface area contributed by atoms with Gasteiger partial charge in [0.15, 0.2) is 0 Å². The largest absolute Gasteiger partial charge is 0.508 e. The monoisotopic (exact) mass is 244 g/mol. The van der Waals surface area contributed by atoms with E-state index in [2.05, 4.69) is 10.3 Å². The molecule has 2 N–H and O–H groups in total. The van der Waals surface area contributed by atoms with Gasteiger partial charge in [-0.3, -0.25) is 0 Å². The van der Waals surface area contributed by atoms with E-state index < -0.39 is 0 Å². The summed E-state index contributed by atoms with van der Waals surface area (Å²) in [6.07, 6.45) is 0. The number of methoxy groups -OCH3 is 1. The molecule has 2 rings (SSSR count). The average molecular weight is 244 g/mol. The summed E-state index contributed by atoms with van der Waals surface area (Å²) in [4.78, 5) is 4.30. The fourth-order valence-electron chi connectivity index (χ4n) is 1.66. The lowest BCUT2D eigenvalue weighted by Crippen LogP contribution is -2.13. The molecule has 2 aromatic rings. The van der Waals surface area contributed by atoms with Crippen LogP contribution in [0.4, 0.5) is 0 Å². The molecule has 0 fully saturated rings. The Morgan fingerprint density at radius 3 is 2.72 bits per heavy atom. The molecular formula is C14H16N2O2. The lowest BCUT2D eigenvalue weighted by molar-refractivity contribution is 0.395. The highest BCUT2D eigenvalue weighted by atomic mass is 16.5. The zero-order valence-corrected chi connectivity index (χ0v) is 10.3. The van der Waals surface area contributed by atoms with Gasteiger partial charge in [-0.15, -0.1) is 0 Å². The van der Waals surface area contributed by atoms with Crippen molar-refractivity contribution < 1.29 is 9.84 Å². The van der Waals surface area contributed by atoms with E-state index in [0.29, 0.717) is 24.7 Å².